The minimum atomic E-state index is -0.288. The molecule has 0 saturated carbocycles. The second kappa shape index (κ2) is 5.47. The van der Waals surface area contributed by atoms with Crippen molar-refractivity contribution in [3.63, 3.8) is 0 Å². The molecule has 1 rings (SSSR count). The molecule has 0 amide bonds. The van der Waals surface area contributed by atoms with Gasteiger partial charge < -0.3 is 10.5 Å². The van der Waals surface area contributed by atoms with Crippen LogP contribution in [0.2, 0.25) is 0 Å². The van der Waals surface area contributed by atoms with Crippen LogP contribution in [0.15, 0.2) is 10.5 Å². The van der Waals surface area contributed by atoms with Crippen molar-refractivity contribution in [1.82, 2.24) is 0 Å². The highest BCUT2D eigenvalue weighted by Crippen LogP contribution is 2.33. The molecule has 0 aliphatic heterocycles. The zero-order valence-electron chi connectivity index (χ0n) is 8.94. The maximum atomic E-state index is 13.8. The molecule has 2 N–H and O–H groups in total. The minimum Gasteiger partial charge on any atom is -0.492 e. The summed E-state index contributed by atoms with van der Waals surface area (Å²) in [6.07, 6.45) is 1.42. The van der Waals surface area contributed by atoms with Crippen molar-refractivity contribution in [2.45, 2.75) is 19.8 Å². The van der Waals surface area contributed by atoms with Crippen LogP contribution in [0.3, 0.4) is 0 Å². The molecular formula is C11H15BrFNO. The first-order valence-electron chi connectivity index (χ1n) is 4.83. The Bertz CT molecular complexity index is 355. The standard InChI is InChI=1S/C11H15BrFNO/c1-7-6-8(4-3-5-14)10(13)11(15-2)9(7)12/h6H,3-5,14H2,1-2H3. The van der Waals surface area contributed by atoms with Crippen LogP contribution < -0.4 is 10.5 Å². The van der Waals surface area contributed by atoms with Crippen molar-refractivity contribution in [3.05, 3.63) is 27.5 Å². The number of hydrogen-bond donors (Lipinski definition) is 1. The summed E-state index contributed by atoms with van der Waals surface area (Å²) < 4.78 is 19.5. The zero-order valence-corrected chi connectivity index (χ0v) is 10.5. The molecular weight excluding hydrogens is 261 g/mol. The van der Waals surface area contributed by atoms with Gasteiger partial charge in [0.25, 0.3) is 0 Å². The number of ether oxygens (including phenoxy) is 1. The molecule has 0 spiro atoms. The number of hydrogen-bond acceptors (Lipinski definition) is 2. The Labute approximate surface area is 97.7 Å². The Morgan fingerprint density at radius 3 is 2.73 bits per heavy atom. The summed E-state index contributed by atoms with van der Waals surface area (Å²) in [4.78, 5) is 0. The second-order valence-corrected chi connectivity index (χ2v) is 4.20. The molecule has 0 fully saturated rings. The Hall–Kier alpha value is -0.610. The lowest BCUT2D eigenvalue weighted by atomic mass is 10.1. The van der Waals surface area contributed by atoms with Crippen molar-refractivity contribution in [2.75, 3.05) is 13.7 Å². The summed E-state index contributed by atoms with van der Waals surface area (Å²) in [6.45, 7) is 2.48. The number of benzene rings is 1. The first-order valence-corrected chi connectivity index (χ1v) is 5.62. The summed E-state index contributed by atoms with van der Waals surface area (Å²) in [7, 11) is 1.47. The van der Waals surface area contributed by atoms with E-state index in [0.717, 1.165) is 12.0 Å². The highest BCUT2D eigenvalue weighted by molar-refractivity contribution is 9.10. The van der Waals surface area contributed by atoms with Crippen LogP contribution in [-0.2, 0) is 6.42 Å². The van der Waals surface area contributed by atoms with E-state index in [1.165, 1.54) is 7.11 Å². The van der Waals surface area contributed by atoms with Crippen molar-refractivity contribution < 1.29 is 9.13 Å². The summed E-state index contributed by atoms with van der Waals surface area (Å²) in [5.74, 6) is -0.00885. The predicted molar refractivity (Wildman–Crippen MR) is 62.8 cm³/mol. The number of halogens is 2. The third-order valence-electron chi connectivity index (χ3n) is 2.27. The Balaban J connectivity index is 3.12. The van der Waals surface area contributed by atoms with Crippen LogP contribution >= 0.6 is 15.9 Å². The molecule has 0 unspecified atom stereocenters. The summed E-state index contributed by atoms with van der Waals surface area (Å²) in [5, 5.41) is 0. The van der Waals surface area contributed by atoms with Gasteiger partial charge in [0.2, 0.25) is 0 Å². The first-order chi connectivity index (χ1) is 7.11. The van der Waals surface area contributed by atoms with Crippen LogP contribution in [0.25, 0.3) is 0 Å². The number of nitrogens with two attached hydrogens (primary N) is 1. The SMILES string of the molecule is COc1c(F)c(CCCN)cc(C)c1Br. The van der Waals surface area contributed by atoms with Crippen LogP contribution in [-0.4, -0.2) is 13.7 Å². The third kappa shape index (κ3) is 2.69. The van der Waals surface area contributed by atoms with Crippen LogP contribution in [0.4, 0.5) is 4.39 Å². The van der Waals surface area contributed by atoms with Crippen LogP contribution in [0.5, 0.6) is 5.75 Å². The Morgan fingerprint density at radius 1 is 1.53 bits per heavy atom. The van der Waals surface area contributed by atoms with Gasteiger partial charge in [0, 0.05) is 0 Å². The third-order valence-corrected chi connectivity index (χ3v) is 3.26. The largest absolute Gasteiger partial charge is 0.492 e. The highest BCUT2D eigenvalue weighted by atomic mass is 79.9. The van der Waals surface area contributed by atoms with Gasteiger partial charge in [0.05, 0.1) is 11.6 Å². The number of methoxy groups -OCH3 is 1. The molecule has 0 aromatic heterocycles. The highest BCUT2D eigenvalue weighted by Gasteiger charge is 2.14. The van der Waals surface area contributed by atoms with E-state index in [-0.39, 0.29) is 11.6 Å². The van der Waals surface area contributed by atoms with E-state index in [2.05, 4.69) is 15.9 Å². The predicted octanol–water partition coefficient (Wildman–Crippen LogP) is 2.80. The molecule has 15 heavy (non-hydrogen) atoms. The van der Waals surface area contributed by atoms with Gasteiger partial charge in [0.1, 0.15) is 0 Å². The average molecular weight is 276 g/mol. The van der Waals surface area contributed by atoms with Gasteiger partial charge >= 0.3 is 0 Å². The molecule has 2 nitrogen and oxygen atoms in total. The molecule has 0 heterocycles. The molecule has 4 heteroatoms. The normalized spacial score (nSPS) is 10.5. The Morgan fingerprint density at radius 2 is 2.20 bits per heavy atom. The van der Waals surface area contributed by atoms with Gasteiger partial charge in [-0.1, -0.05) is 6.07 Å². The molecule has 0 aliphatic carbocycles. The fourth-order valence-corrected chi connectivity index (χ4v) is 1.91. The number of rotatable bonds is 4. The van der Waals surface area contributed by atoms with Gasteiger partial charge in [-0.2, -0.15) is 0 Å². The quantitative estimate of drug-likeness (QED) is 0.917. The van der Waals surface area contributed by atoms with E-state index < -0.39 is 0 Å². The minimum absolute atomic E-state index is 0.280. The molecule has 0 radical (unpaired) electrons. The Kier molecular flexibility index (Phi) is 4.54. The average Bonchev–Trinajstić information content (AvgIpc) is 2.22. The lowest BCUT2D eigenvalue weighted by Crippen LogP contribution is -2.03. The summed E-state index contributed by atoms with van der Waals surface area (Å²) >= 11 is 3.30. The van der Waals surface area contributed by atoms with Crippen molar-refractivity contribution in [2.24, 2.45) is 5.73 Å². The van der Waals surface area contributed by atoms with Gasteiger partial charge in [-0.25, -0.2) is 4.39 Å². The number of aryl methyl sites for hydroxylation is 2. The van der Waals surface area contributed by atoms with Gasteiger partial charge in [-0.05, 0) is 53.4 Å². The lowest BCUT2D eigenvalue weighted by Gasteiger charge is -2.11. The maximum absolute atomic E-state index is 13.8. The van der Waals surface area contributed by atoms with Gasteiger partial charge in [-0.3, -0.25) is 0 Å². The van der Waals surface area contributed by atoms with Crippen LogP contribution in [0, 0.1) is 12.7 Å². The lowest BCUT2D eigenvalue weighted by molar-refractivity contribution is 0.380. The maximum Gasteiger partial charge on any atom is 0.169 e. The zero-order chi connectivity index (χ0) is 11.4. The van der Waals surface area contributed by atoms with E-state index in [1.54, 1.807) is 0 Å². The van der Waals surface area contributed by atoms with E-state index in [1.807, 2.05) is 13.0 Å². The van der Waals surface area contributed by atoms with Crippen LogP contribution in [0.1, 0.15) is 17.5 Å². The van der Waals surface area contributed by atoms with E-state index in [9.17, 15) is 4.39 Å². The van der Waals surface area contributed by atoms with E-state index in [0.29, 0.717) is 23.0 Å². The fourth-order valence-electron chi connectivity index (χ4n) is 1.46. The topological polar surface area (TPSA) is 35.2 Å². The smallest absolute Gasteiger partial charge is 0.169 e. The summed E-state index contributed by atoms with van der Waals surface area (Å²) in [5.41, 5.74) is 7.04. The van der Waals surface area contributed by atoms with Gasteiger partial charge in [-0.15, -0.1) is 0 Å². The molecule has 0 atom stereocenters. The molecule has 0 saturated heterocycles. The van der Waals surface area contributed by atoms with Crippen molar-refractivity contribution in [3.8, 4) is 5.75 Å². The van der Waals surface area contributed by atoms with E-state index >= 15 is 0 Å². The monoisotopic (exact) mass is 275 g/mol. The second-order valence-electron chi connectivity index (χ2n) is 3.41. The molecule has 0 aliphatic rings. The van der Waals surface area contributed by atoms with E-state index in [4.69, 9.17) is 10.5 Å². The fraction of sp³-hybridized carbons (Fsp3) is 0.455. The van der Waals surface area contributed by atoms with Gasteiger partial charge in [0.15, 0.2) is 11.6 Å². The summed E-state index contributed by atoms with van der Waals surface area (Å²) in [6, 6.07) is 1.83. The molecule has 84 valence electrons. The first kappa shape index (κ1) is 12.5. The van der Waals surface area contributed by atoms with Crippen molar-refractivity contribution >= 4 is 15.9 Å². The molecule has 1 aromatic carbocycles. The molecule has 0 bridgehead atoms. The van der Waals surface area contributed by atoms with Crippen molar-refractivity contribution in [1.29, 1.82) is 0 Å². The molecule has 1 aromatic rings.